The van der Waals surface area contributed by atoms with Gasteiger partial charge in [-0.05, 0) is 30.5 Å². The Morgan fingerprint density at radius 1 is 0.875 bits per heavy atom. The monoisotopic (exact) mass is 333 g/mol. The molecule has 0 aliphatic rings. The van der Waals surface area contributed by atoms with Crippen molar-refractivity contribution < 1.29 is 9.90 Å². The van der Waals surface area contributed by atoms with Crippen molar-refractivity contribution in [3.63, 3.8) is 0 Å². The Hall–Kier alpha value is -1.51. The zero-order chi connectivity index (χ0) is 17.5. The number of phenolic OH excluding ortho intramolecular Hbond substituents is 1. The molecule has 0 saturated heterocycles. The van der Waals surface area contributed by atoms with Crippen molar-refractivity contribution >= 4 is 5.91 Å². The summed E-state index contributed by atoms with van der Waals surface area (Å²) in [6, 6.07) is 7.15. The van der Waals surface area contributed by atoms with E-state index in [4.69, 9.17) is 0 Å². The van der Waals surface area contributed by atoms with E-state index in [9.17, 15) is 9.90 Å². The van der Waals surface area contributed by atoms with E-state index >= 15 is 0 Å². The second-order valence-electron chi connectivity index (χ2n) is 6.70. The van der Waals surface area contributed by atoms with Crippen LogP contribution < -0.4 is 5.32 Å². The molecule has 0 heterocycles. The number of carbonyl (C=O) groups excluding carboxylic acids is 1. The van der Waals surface area contributed by atoms with Crippen molar-refractivity contribution in [1.82, 2.24) is 5.32 Å². The van der Waals surface area contributed by atoms with Crippen LogP contribution in [0.2, 0.25) is 0 Å². The molecule has 2 N–H and O–H groups in total. The Bertz CT molecular complexity index is 428. The molecule has 0 atom stereocenters. The molecule has 0 radical (unpaired) electrons. The van der Waals surface area contributed by atoms with Crippen LogP contribution in [0.4, 0.5) is 0 Å². The van der Waals surface area contributed by atoms with Gasteiger partial charge >= 0.3 is 0 Å². The minimum atomic E-state index is 0.161. The lowest BCUT2D eigenvalue weighted by atomic mass is 10.1. The number of hydrogen-bond donors (Lipinski definition) is 2. The molecule has 0 saturated carbocycles. The van der Waals surface area contributed by atoms with Crippen LogP contribution in [0.3, 0.4) is 0 Å². The Balaban J connectivity index is 1.88. The summed E-state index contributed by atoms with van der Waals surface area (Å²) in [6.45, 7) is 2.92. The van der Waals surface area contributed by atoms with Crippen molar-refractivity contribution in [3.05, 3.63) is 29.8 Å². The normalized spacial score (nSPS) is 10.7. The minimum Gasteiger partial charge on any atom is -0.508 e. The number of carbonyl (C=O) groups is 1. The maximum absolute atomic E-state index is 11.8. The largest absolute Gasteiger partial charge is 0.508 e. The average Bonchev–Trinajstić information content (AvgIpc) is 2.58. The van der Waals surface area contributed by atoms with Gasteiger partial charge in [0.2, 0.25) is 5.91 Å². The van der Waals surface area contributed by atoms with Crippen LogP contribution in [0, 0.1) is 0 Å². The summed E-state index contributed by atoms with van der Waals surface area (Å²) < 4.78 is 0. The van der Waals surface area contributed by atoms with Crippen LogP contribution in [0.5, 0.6) is 5.75 Å². The van der Waals surface area contributed by atoms with Crippen molar-refractivity contribution in [2.45, 2.75) is 84.0 Å². The maximum atomic E-state index is 11.8. The average molecular weight is 334 g/mol. The fourth-order valence-corrected chi connectivity index (χ4v) is 2.87. The first-order valence-corrected chi connectivity index (χ1v) is 9.77. The van der Waals surface area contributed by atoms with E-state index in [1.54, 1.807) is 12.1 Å². The zero-order valence-corrected chi connectivity index (χ0v) is 15.4. The van der Waals surface area contributed by atoms with E-state index in [0.29, 0.717) is 13.0 Å². The van der Waals surface area contributed by atoms with Crippen LogP contribution in [0.15, 0.2) is 24.3 Å². The summed E-state index contributed by atoms with van der Waals surface area (Å²) >= 11 is 0. The smallest absolute Gasteiger partial charge is 0.220 e. The fraction of sp³-hybridized carbons (Fsp3) is 0.667. The fourth-order valence-electron chi connectivity index (χ4n) is 2.87. The predicted octanol–water partition coefficient (Wildman–Crippen LogP) is 5.36. The maximum Gasteiger partial charge on any atom is 0.220 e. The van der Waals surface area contributed by atoms with Gasteiger partial charge < -0.3 is 10.4 Å². The van der Waals surface area contributed by atoms with E-state index in [0.717, 1.165) is 18.4 Å². The molecule has 1 aromatic rings. The summed E-state index contributed by atoms with van der Waals surface area (Å²) in [5.74, 6) is 0.442. The first kappa shape index (κ1) is 20.5. The van der Waals surface area contributed by atoms with E-state index in [-0.39, 0.29) is 11.7 Å². The zero-order valence-electron chi connectivity index (χ0n) is 15.4. The van der Waals surface area contributed by atoms with Crippen molar-refractivity contribution in [1.29, 1.82) is 0 Å². The number of amides is 1. The molecule has 3 heteroatoms. The molecule has 1 amide bonds. The van der Waals surface area contributed by atoms with Crippen LogP contribution >= 0.6 is 0 Å². The Labute approximate surface area is 147 Å². The number of nitrogens with one attached hydrogen (secondary N) is 1. The molecule has 0 aliphatic heterocycles. The van der Waals surface area contributed by atoms with Gasteiger partial charge in [-0.15, -0.1) is 0 Å². The molecule has 24 heavy (non-hydrogen) atoms. The third kappa shape index (κ3) is 11.1. The molecule has 3 nitrogen and oxygen atoms in total. The highest BCUT2D eigenvalue weighted by molar-refractivity contribution is 5.75. The molecule has 0 unspecified atom stereocenters. The first-order valence-electron chi connectivity index (χ1n) is 9.77. The molecule has 0 aromatic heterocycles. The predicted molar refractivity (Wildman–Crippen MR) is 101 cm³/mol. The number of aromatic hydroxyl groups is 1. The van der Waals surface area contributed by atoms with E-state index < -0.39 is 0 Å². The molecule has 0 spiro atoms. The van der Waals surface area contributed by atoms with Gasteiger partial charge in [0.1, 0.15) is 5.75 Å². The highest BCUT2D eigenvalue weighted by Gasteiger charge is 2.01. The Morgan fingerprint density at radius 3 is 2.00 bits per heavy atom. The summed E-state index contributed by atoms with van der Waals surface area (Å²) in [4.78, 5) is 11.8. The topological polar surface area (TPSA) is 49.3 Å². The molecular formula is C21H35NO2. The lowest BCUT2D eigenvalue weighted by Crippen LogP contribution is -2.25. The quantitative estimate of drug-likeness (QED) is 0.450. The third-order valence-electron chi connectivity index (χ3n) is 4.43. The van der Waals surface area contributed by atoms with Crippen LogP contribution in [0.1, 0.15) is 83.1 Å². The summed E-state index contributed by atoms with van der Waals surface area (Å²) in [5.41, 5.74) is 1.13. The number of benzene rings is 1. The number of phenols is 1. The standard InChI is InChI=1S/C21H35NO2/c1-2-3-4-5-6-7-8-9-10-11-12-21(24)22-18-17-19-13-15-20(23)16-14-19/h13-16,23H,2-12,17-18H2,1H3,(H,22,24). The van der Waals surface area contributed by atoms with Crippen LogP contribution in [-0.4, -0.2) is 17.6 Å². The lowest BCUT2D eigenvalue weighted by Gasteiger charge is -2.06. The Morgan fingerprint density at radius 2 is 1.42 bits per heavy atom. The minimum absolute atomic E-state index is 0.161. The second-order valence-corrected chi connectivity index (χ2v) is 6.70. The highest BCUT2D eigenvalue weighted by Crippen LogP contribution is 2.11. The number of unbranched alkanes of at least 4 members (excludes halogenated alkanes) is 9. The lowest BCUT2D eigenvalue weighted by molar-refractivity contribution is -0.121. The summed E-state index contributed by atoms with van der Waals surface area (Å²) in [5, 5.41) is 12.2. The van der Waals surface area contributed by atoms with Crippen molar-refractivity contribution in [2.24, 2.45) is 0 Å². The van der Waals surface area contributed by atoms with Gasteiger partial charge in [0, 0.05) is 13.0 Å². The molecule has 0 fully saturated rings. The van der Waals surface area contributed by atoms with Gasteiger partial charge in [-0.1, -0.05) is 76.8 Å². The van der Waals surface area contributed by atoms with Gasteiger partial charge in [-0.3, -0.25) is 4.79 Å². The molecule has 1 aromatic carbocycles. The van der Waals surface area contributed by atoms with Crippen LogP contribution in [0.25, 0.3) is 0 Å². The van der Waals surface area contributed by atoms with Gasteiger partial charge in [0.15, 0.2) is 0 Å². The number of hydrogen-bond acceptors (Lipinski definition) is 2. The Kier molecular flexibility index (Phi) is 11.9. The van der Waals surface area contributed by atoms with Crippen LogP contribution in [-0.2, 0) is 11.2 Å². The van der Waals surface area contributed by atoms with Crippen molar-refractivity contribution in [3.8, 4) is 5.75 Å². The number of rotatable bonds is 14. The third-order valence-corrected chi connectivity index (χ3v) is 4.43. The van der Waals surface area contributed by atoms with Crippen molar-refractivity contribution in [2.75, 3.05) is 6.54 Å². The van der Waals surface area contributed by atoms with Gasteiger partial charge in [-0.2, -0.15) is 0 Å². The molecule has 1 rings (SSSR count). The van der Waals surface area contributed by atoms with Gasteiger partial charge in [0.25, 0.3) is 0 Å². The summed E-state index contributed by atoms with van der Waals surface area (Å²) in [7, 11) is 0. The summed E-state index contributed by atoms with van der Waals surface area (Å²) in [6.07, 6.45) is 14.4. The molecule has 0 bridgehead atoms. The van der Waals surface area contributed by atoms with E-state index in [2.05, 4.69) is 12.2 Å². The van der Waals surface area contributed by atoms with E-state index in [1.807, 2.05) is 12.1 Å². The van der Waals surface area contributed by atoms with Gasteiger partial charge in [0.05, 0.1) is 0 Å². The molecular weight excluding hydrogens is 298 g/mol. The second kappa shape index (κ2) is 13.9. The first-order chi connectivity index (χ1) is 11.7. The molecule has 136 valence electrons. The molecule has 0 aliphatic carbocycles. The highest BCUT2D eigenvalue weighted by atomic mass is 16.3. The van der Waals surface area contributed by atoms with Gasteiger partial charge in [-0.25, -0.2) is 0 Å². The van der Waals surface area contributed by atoms with E-state index in [1.165, 1.54) is 57.8 Å². The SMILES string of the molecule is CCCCCCCCCCCCC(=O)NCCc1ccc(O)cc1.